The number of aromatic amines is 1. The Morgan fingerprint density at radius 3 is 2.67 bits per heavy atom. The van der Waals surface area contributed by atoms with Crippen LogP contribution in [0.1, 0.15) is 51.3 Å². The van der Waals surface area contributed by atoms with E-state index in [1.807, 2.05) is 61.7 Å². The molecule has 2 heterocycles. The molecule has 0 fully saturated rings. The number of fused-ring (bicyclic) bond motifs is 3. The second-order valence-corrected chi connectivity index (χ2v) is 8.65. The third-order valence-electron chi connectivity index (χ3n) is 5.73. The summed E-state index contributed by atoms with van der Waals surface area (Å²) in [6.45, 7) is 4.59. The van der Waals surface area contributed by atoms with Crippen molar-refractivity contribution in [2.75, 3.05) is 17.8 Å². The summed E-state index contributed by atoms with van der Waals surface area (Å²) in [6.07, 6.45) is 4.68. The number of rotatable bonds is 8. The Kier molecular flexibility index (Phi) is 7.13. The summed E-state index contributed by atoms with van der Waals surface area (Å²) in [5.74, 6) is 0.636. The molecule has 172 valence electrons. The lowest BCUT2D eigenvalue weighted by Gasteiger charge is -2.32. The van der Waals surface area contributed by atoms with Gasteiger partial charge < -0.3 is 4.74 Å². The van der Waals surface area contributed by atoms with Crippen LogP contribution in [0.2, 0.25) is 0 Å². The SMILES string of the molecule is CCCCCOc1ccccc1[C@H]1N(C(=O)CC)c2ccccc2-c2c(=O)[nH]c(SC)n[n+]21. The van der Waals surface area contributed by atoms with Crippen LogP contribution in [0, 0.1) is 0 Å². The lowest BCUT2D eigenvalue weighted by Crippen LogP contribution is -2.60. The first-order valence-electron chi connectivity index (χ1n) is 11.3. The van der Waals surface area contributed by atoms with E-state index in [2.05, 4.69) is 11.9 Å². The second-order valence-electron chi connectivity index (χ2n) is 7.86. The van der Waals surface area contributed by atoms with Gasteiger partial charge >= 0.3 is 11.3 Å². The lowest BCUT2D eigenvalue weighted by molar-refractivity contribution is -0.763. The number of nitrogens with zero attached hydrogens (tertiary/aromatic N) is 3. The Balaban J connectivity index is 1.95. The van der Waals surface area contributed by atoms with E-state index >= 15 is 0 Å². The van der Waals surface area contributed by atoms with Crippen LogP contribution < -0.4 is 19.9 Å². The molecule has 0 aliphatic carbocycles. The standard InChI is InChI=1S/C25H28N4O3S/c1-4-6-11-16-32-20-15-10-8-13-18(20)24-28(21(30)5-2)19-14-9-7-12-17(19)22-23(31)26-25(33-3)27-29(22)24/h7-10,12-15,24H,4-6,11,16H2,1-3H3/p+1/t24-/m0/s1. The van der Waals surface area contributed by atoms with Crippen molar-refractivity contribution in [1.82, 2.24) is 10.1 Å². The van der Waals surface area contributed by atoms with E-state index in [1.165, 1.54) is 11.8 Å². The predicted octanol–water partition coefficient (Wildman–Crippen LogP) is 4.32. The van der Waals surface area contributed by atoms with Crippen molar-refractivity contribution >= 4 is 23.4 Å². The van der Waals surface area contributed by atoms with Gasteiger partial charge in [-0.25, -0.2) is 4.90 Å². The molecular formula is C25H29N4O3S+. The number of anilines is 1. The van der Waals surface area contributed by atoms with E-state index in [0.29, 0.717) is 40.9 Å². The highest BCUT2D eigenvalue weighted by molar-refractivity contribution is 7.98. The number of para-hydroxylation sites is 2. The number of hydrogen-bond acceptors (Lipinski definition) is 5. The molecule has 0 saturated heterocycles. The molecule has 1 aliphatic rings. The zero-order valence-corrected chi connectivity index (χ0v) is 20.0. The average Bonchev–Trinajstić information content (AvgIpc) is 2.85. The molecule has 0 saturated carbocycles. The molecule has 0 spiro atoms. The monoisotopic (exact) mass is 465 g/mol. The Morgan fingerprint density at radius 1 is 1.15 bits per heavy atom. The molecule has 3 aromatic rings. The average molecular weight is 466 g/mol. The van der Waals surface area contributed by atoms with Gasteiger partial charge in [0.15, 0.2) is 0 Å². The van der Waals surface area contributed by atoms with Gasteiger partial charge in [-0.15, -0.1) is 0 Å². The molecule has 1 aromatic heterocycles. The van der Waals surface area contributed by atoms with Crippen molar-refractivity contribution < 1.29 is 14.2 Å². The lowest BCUT2D eigenvalue weighted by atomic mass is 10.0. The number of amides is 1. The molecule has 33 heavy (non-hydrogen) atoms. The Hall–Kier alpha value is -3.13. The summed E-state index contributed by atoms with van der Waals surface area (Å²) in [6, 6.07) is 15.2. The first-order chi connectivity index (χ1) is 16.1. The topological polar surface area (TPSA) is 79.2 Å². The van der Waals surface area contributed by atoms with E-state index in [1.54, 1.807) is 9.58 Å². The summed E-state index contributed by atoms with van der Waals surface area (Å²) in [7, 11) is 0. The molecule has 0 unspecified atom stereocenters. The van der Waals surface area contributed by atoms with Crippen LogP contribution in [-0.4, -0.2) is 28.9 Å². The van der Waals surface area contributed by atoms with E-state index in [-0.39, 0.29) is 11.5 Å². The van der Waals surface area contributed by atoms with Gasteiger partial charge in [0.2, 0.25) is 11.1 Å². The summed E-state index contributed by atoms with van der Waals surface area (Å²) >= 11 is 1.35. The van der Waals surface area contributed by atoms with Crippen LogP contribution in [0.3, 0.4) is 0 Å². The van der Waals surface area contributed by atoms with Crippen LogP contribution in [0.25, 0.3) is 11.3 Å². The Bertz CT molecular complexity index is 1210. The maximum absolute atomic E-state index is 13.3. The van der Waals surface area contributed by atoms with Crippen molar-refractivity contribution in [3.63, 3.8) is 0 Å². The number of carbonyl (C=O) groups is 1. The minimum atomic E-state index is -0.641. The highest BCUT2D eigenvalue weighted by Crippen LogP contribution is 2.39. The van der Waals surface area contributed by atoms with E-state index in [0.717, 1.165) is 24.8 Å². The van der Waals surface area contributed by atoms with Crippen molar-refractivity contribution in [3.05, 3.63) is 64.4 Å². The molecule has 1 amide bonds. The van der Waals surface area contributed by atoms with E-state index in [9.17, 15) is 9.59 Å². The smallest absolute Gasteiger partial charge is 0.325 e. The fourth-order valence-electron chi connectivity index (χ4n) is 4.14. The number of benzene rings is 2. The quantitative estimate of drug-likeness (QED) is 0.305. The molecular weight excluding hydrogens is 436 g/mol. The van der Waals surface area contributed by atoms with Crippen LogP contribution in [0.5, 0.6) is 5.75 Å². The van der Waals surface area contributed by atoms with Crippen LogP contribution in [-0.2, 0) is 4.79 Å². The molecule has 1 atom stereocenters. The number of carbonyl (C=O) groups excluding carboxylic acids is 1. The Morgan fingerprint density at radius 2 is 1.91 bits per heavy atom. The van der Waals surface area contributed by atoms with Crippen LogP contribution >= 0.6 is 11.8 Å². The van der Waals surface area contributed by atoms with Crippen molar-refractivity contribution in [3.8, 4) is 17.0 Å². The highest BCUT2D eigenvalue weighted by Gasteiger charge is 2.46. The van der Waals surface area contributed by atoms with E-state index < -0.39 is 6.17 Å². The van der Waals surface area contributed by atoms with Gasteiger partial charge in [-0.3, -0.25) is 14.6 Å². The first-order valence-corrected chi connectivity index (χ1v) is 12.6. The fourth-order valence-corrected chi connectivity index (χ4v) is 4.51. The van der Waals surface area contributed by atoms with Gasteiger partial charge in [-0.2, -0.15) is 0 Å². The van der Waals surface area contributed by atoms with Gasteiger partial charge in [0, 0.05) is 11.5 Å². The molecule has 1 N–H and O–H groups in total. The van der Waals surface area contributed by atoms with Crippen LogP contribution in [0.4, 0.5) is 5.69 Å². The second kappa shape index (κ2) is 10.2. The Labute approximate surface area is 197 Å². The van der Waals surface area contributed by atoms with Gasteiger partial charge in [-0.1, -0.05) is 62.7 Å². The number of thioether (sulfide) groups is 1. The van der Waals surface area contributed by atoms with Crippen molar-refractivity contribution in [2.45, 2.75) is 50.9 Å². The molecule has 0 radical (unpaired) electrons. The minimum Gasteiger partial charge on any atom is -0.493 e. The number of ether oxygens (including phenoxy) is 1. The normalized spacial score (nSPS) is 14.5. The fraction of sp³-hybridized carbons (Fsp3) is 0.360. The third-order valence-corrected chi connectivity index (χ3v) is 6.30. The van der Waals surface area contributed by atoms with Gasteiger partial charge in [0.1, 0.15) is 5.75 Å². The zero-order chi connectivity index (χ0) is 23.4. The first kappa shape index (κ1) is 23.0. The van der Waals surface area contributed by atoms with E-state index in [4.69, 9.17) is 9.84 Å². The molecule has 1 aliphatic heterocycles. The van der Waals surface area contributed by atoms with Crippen LogP contribution in [0.15, 0.2) is 58.5 Å². The number of hydrogen-bond donors (Lipinski definition) is 1. The largest absolute Gasteiger partial charge is 0.493 e. The molecule has 0 bridgehead atoms. The summed E-state index contributed by atoms with van der Waals surface area (Å²) < 4.78 is 7.85. The van der Waals surface area contributed by atoms with Gasteiger partial charge in [0.25, 0.3) is 6.17 Å². The summed E-state index contributed by atoms with van der Waals surface area (Å²) in [5.41, 5.74) is 2.35. The molecule has 7 nitrogen and oxygen atoms in total. The predicted molar refractivity (Wildman–Crippen MR) is 130 cm³/mol. The number of nitrogens with one attached hydrogen (secondary N) is 1. The third kappa shape index (κ3) is 4.39. The number of unbranched alkanes of at least 4 members (excludes halogenated alkanes) is 2. The maximum Gasteiger partial charge on any atom is 0.325 e. The highest BCUT2D eigenvalue weighted by atomic mass is 32.2. The molecule has 4 rings (SSSR count). The zero-order valence-electron chi connectivity index (χ0n) is 19.2. The molecule has 8 heteroatoms. The minimum absolute atomic E-state index is 0.0563. The maximum atomic E-state index is 13.3. The van der Waals surface area contributed by atoms with Crippen molar-refractivity contribution in [1.29, 1.82) is 0 Å². The van der Waals surface area contributed by atoms with Gasteiger partial charge in [0.05, 0.1) is 23.4 Å². The summed E-state index contributed by atoms with van der Waals surface area (Å²) in [4.78, 5) is 31.1. The van der Waals surface area contributed by atoms with Crippen molar-refractivity contribution in [2.24, 2.45) is 0 Å². The van der Waals surface area contributed by atoms with Gasteiger partial charge in [-0.05, 0) is 41.6 Å². The molecule has 2 aromatic carbocycles. The number of H-pyrrole nitrogens is 1. The summed E-state index contributed by atoms with van der Waals surface area (Å²) in [5, 5.41) is 5.23. The number of aromatic nitrogens is 3.